The summed E-state index contributed by atoms with van der Waals surface area (Å²) in [7, 11) is -3.02. The molecule has 112 valence electrons. The summed E-state index contributed by atoms with van der Waals surface area (Å²) < 4.78 is 62.0. The van der Waals surface area contributed by atoms with Crippen LogP contribution in [0, 0.1) is 17.7 Å². The Kier molecular flexibility index (Phi) is 4.12. The number of halogens is 2. The van der Waals surface area contributed by atoms with Gasteiger partial charge in [-0.15, -0.1) is 0 Å². The number of hydrogen-bond acceptors (Lipinski definition) is 4. The van der Waals surface area contributed by atoms with E-state index >= 15 is 0 Å². The van der Waals surface area contributed by atoms with Crippen LogP contribution in [0.1, 0.15) is 13.3 Å². The first-order chi connectivity index (χ1) is 9.11. The van der Waals surface area contributed by atoms with E-state index in [2.05, 4.69) is 4.72 Å². The van der Waals surface area contributed by atoms with Gasteiger partial charge < -0.3 is 0 Å². The van der Waals surface area contributed by atoms with Gasteiger partial charge in [0.2, 0.25) is 10.0 Å². The SMILES string of the molecule is CC1CC1CNS(=O)(=O)c1ccc(S(=O)(=O)Cl)cc1F. The zero-order chi connectivity index (χ0) is 15.1. The highest BCUT2D eigenvalue weighted by molar-refractivity contribution is 8.13. The maximum absolute atomic E-state index is 13.8. The van der Waals surface area contributed by atoms with Gasteiger partial charge in [0.1, 0.15) is 10.7 Å². The van der Waals surface area contributed by atoms with E-state index in [4.69, 9.17) is 10.7 Å². The zero-order valence-corrected chi connectivity index (χ0v) is 12.9. The van der Waals surface area contributed by atoms with Crippen molar-refractivity contribution in [2.75, 3.05) is 6.54 Å². The zero-order valence-electron chi connectivity index (χ0n) is 10.5. The Bertz CT molecular complexity index is 733. The number of hydrogen-bond donors (Lipinski definition) is 1. The van der Waals surface area contributed by atoms with Gasteiger partial charge in [0.05, 0.1) is 4.90 Å². The first-order valence-electron chi connectivity index (χ1n) is 5.85. The number of nitrogens with one attached hydrogen (secondary N) is 1. The Hall–Kier alpha value is -0.700. The molecule has 0 heterocycles. The fourth-order valence-corrected chi connectivity index (χ4v) is 3.74. The topological polar surface area (TPSA) is 80.3 Å². The van der Waals surface area contributed by atoms with Gasteiger partial charge in [-0.1, -0.05) is 6.92 Å². The van der Waals surface area contributed by atoms with E-state index in [9.17, 15) is 21.2 Å². The normalized spacial score (nSPS) is 22.8. The quantitative estimate of drug-likeness (QED) is 0.826. The van der Waals surface area contributed by atoms with E-state index < -0.39 is 34.7 Å². The highest BCUT2D eigenvalue weighted by atomic mass is 35.7. The molecular weight excluding hydrogens is 329 g/mol. The monoisotopic (exact) mass is 341 g/mol. The van der Waals surface area contributed by atoms with Crippen LogP contribution in [0.3, 0.4) is 0 Å². The van der Waals surface area contributed by atoms with Crippen LogP contribution in [0.5, 0.6) is 0 Å². The van der Waals surface area contributed by atoms with Crippen LogP contribution in [0.15, 0.2) is 28.0 Å². The molecule has 1 aromatic rings. The minimum absolute atomic E-state index is 0.249. The molecule has 0 radical (unpaired) electrons. The molecule has 0 saturated heterocycles. The predicted octanol–water partition coefficient (Wildman–Crippen LogP) is 1.69. The lowest BCUT2D eigenvalue weighted by molar-refractivity contribution is 0.549. The summed E-state index contributed by atoms with van der Waals surface area (Å²) in [5.74, 6) is -0.412. The lowest BCUT2D eigenvalue weighted by atomic mass is 10.3. The fourth-order valence-electron chi connectivity index (χ4n) is 1.83. The van der Waals surface area contributed by atoms with Crippen molar-refractivity contribution in [2.24, 2.45) is 11.8 Å². The highest BCUT2D eigenvalue weighted by Crippen LogP contribution is 2.37. The molecule has 1 N–H and O–H groups in total. The minimum Gasteiger partial charge on any atom is -0.211 e. The molecule has 2 rings (SSSR count). The molecule has 0 spiro atoms. The minimum atomic E-state index is -4.09. The Morgan fingerprint density at radius 2 is 1.95 bits per heavy atom. The van der Waals surface area contributed by atoms with Crippen molar-refractivity contribution in [1.29, 1.82) is 0 Å². The fraction of sp³-hybridized carbons (Fsp3) is 0.455. The second-order valence-electron chi connectivity index (χ2n) is 4.86. The summed E-state index contributed by atoms with van der Waals surface area (Å²) in [5, 5.41) is 0. The van der Waals surface area contributed by atoms with Crippen LogP contribution in [0.2, 0.25) is 0 Å². The molecule has 0 aromatic heterocycles. The third-order valence-electron chi connectivity index (χ3n) is 3.29. The Morgan fingerprint density at radius 3 is 2.40 bits per heavy atom. The molecule has 2 unspecified atom stereocenters. The Balaban J connectivity index is 2.23. The lowest BCUT2D eigenvalue weighted by Gasteiger charge is -2.08. The average Bonchev–Trinajstić information content (AvgIpc) is 3.01. The summed E-state index contributed by atoms with van der Waals surface area (Å²) in [5.41, 5.74) is 0. The van der Waals surface area contributed by atoms with Gasteiger partial charge in [-0.3, -0.25) is 0 Å². The molecule has 1 saturated carbocycles. The smallest absolute Gasteiger partial charge is 0.211 e. The molecule has 1 aliphatic carbocycles. The van der Waals surface area contributed by atoms with Crippen LogP contribution in [0.4, 0.5) is 4.39 Å². The maximum atomic E-state index is 13.8. The molecular formula is C11H13ClFNO4S2. The van der Waals surface area contributed by atoms with E-state index in [0.29, 0.717) is 12.0 Å². The molecule has 9 heteroatoms. The van der Waals surface area contributed by atoms with Gasteiger partial charge in [-0.2, -0.15) is 0 Å². The van der Waals surface area contributed by atoms with Gasteiger partial charge in [-0.05, 0) is 36.5 Å². The van der Waals surface area contributed by atoms with E-state index in [1.54, 1.807) is 0 Å². The molecule has 20 heavy (non-hydrogen) atoms. The summed E-state index contributed by atoms with van der Waals surface area (Å²) >= 11 is 0. The number of sulfonamides is 1. The van der Waals surface area contributed by atoms with E-state index in [1.165, 1.54) is 0 Å². The molecule has 1 aliphatic rings. The third-order valence-corrected chi connectivity index (χ3v) is 6.09. The second-order valence-corrected chi connectivity index (χ2v) is 9.16. The molecule has 0 aliphatic heterocycles. The largest absolute Gasteiger partial charge is 0.261 e. The van der Waals surface area contributed by atoms with Crippen molar-refractivity contribution in [2.45, 2.75) is 23.1 Å². The van der Waals surface area contributed by atoms with E-state index in [-0.39, 0.29) is 12.5 Å². The van der Waals surface area contributed by atoms with Gasteiger partial charge in [-0.25, -0.2) is 25.9 Å². The summed E-state index contributed by atoms with van der Waals surface area (Å²) in [6, 6.07) is 2.44. The van der Waals surface area contributed by atoms with Crippen molar-refractivity contribution < 1.29 is 21.2 Å². The lowest BCUT2D eigenvalue weighted by Crippen LogP contribution is -2.27. The van der Waals surface area contributed by atoms with Crippen LogP contribution < -0.4 is 4.72 Å². The van der Waals surface area contributed by atoms with Crippen molar-refractivity contribution >= 4 is 29.8 Å². The summed E-state index contributed by atoms with van der Waals surface area (Å²) in [6.07, 6.45) is 0.939. The highest BCUT2D eigenvalue weighted by Gasteiger charge is 2.33. The molecule has 0 amide bonds. The Labute approximate surface area is 121 Å². The number of benzene rings is 1. The molecule has 2 atom stereocenters. The third kappa shape index (κ3) is 3.49. The molecule has 1 fully saturated rings. The summed E-state index contributed by atoms with van der Waals surface area (Å²) in [6.45, 7) is 2.25. The first kappa shape index (κ1) is 15.7. The molecule has 0 bridgehead atoms. The molecule has 1 aromatic carbocycles. The van der Waals surface area contributed by atoms with Crippen molar-refractivity contribution in [3.63, 3.8) is 0 Å². The maximum Gasteiger partial charge on any atom is 0.261 e. The van der Waals surface area contributed by atoms with Crippen LogP contribution in [0.25, 0.3) is 0 Å². The van der Waals surface area contributed by atoms with Gasteiger partial charge in [0.15, 0.2) is 0 Å². The van der Waals surface area contributed by atoms with Gasteiger partial charge in [0, 0.05) is 17.2 Å². The van der Waals surface area contributed by atoms with Gasteiger partial charge >= 0.3 is 0 Å². The Morgan fingerprint density at radius 1 is 1.35 bits per heavy atom. The van der Waals surface area contributed by atoms with Crippen molar-refractivity contribution in [3.8, 4) is 0 Å². The van der Waals surface area contributed by atoms with Crippen molar-refractivity contribution in [1.82, 2.24) is 4.72 Å². The van der Waals surface area contributed by atoms with E-state index in [0.717, 1.165) is 18.6 Å². The average molecular weight is 342 g/mol. The van der Waals surface area contributed by atoms with Crippen LogP contribution >= 0.6 is 10.7 Å². The van der Waals surface area contributed by atoms with Crippen LogP contribution in [-0.2, 0) is 19.1 Å². The van der Waals surface area contributed by atoms with Crippen molar-refractivity contribution in [3.05, 3.63) is 24.0 Å². The van der Waals surface area contributed by atoms with Gasteiger partial charge in [0.25, 0.3) is 9.05 Å². The predicted molar refractivity (Wildman–Crippen MR) is 71.9 cm³/mol. The number of rotatable bonds is 5. The van der Waals surface area contributed by atoms with Crippen LogP contribution in [-0.4, -0.2) is 23.4 Å². The first-order valence-corrected chi connectivity index (χ1v) is 9.64. The standard InChI is InChI=1S/C11H13ClFNO4S2/c1-7-4-8(7)6-14-20(17,18)11-3-2-9(5-10(11)13)19(12,15)16/h2-3,5,7-8,14H,4,6H2,1H3. The summed E-state index contributed by atoms with van der Waals surface area (Å²) in [4.78, 5) is -1.07. The molecule has 5 nitrogen and oxygen atoms in total. The van der Waals surface area contributed by atoms with E-state index in [1.807, 2.05) is 6.92 Å². The second kappa shape index (κ2) is 5.25.